The van der Waals surface area contributed by atoms with Gasteiger partial charge in [-0.25, -0.2) is 5.10 Å². The van der Waals surface area contributed by atoms with Gasteiger partial charge in [-0.1, -0.05) is 6.92 Å². The van der Waals surface area contributed by atoms with Crippen molar-refractivity contribution in [1.82, 2.24) is 10.2 Å². The van der Waals surface area contributed by atoms with E-state index >= 15 is 0 Å². The fraction of sp³-hybridized carbons (Fsp3) is 0.429. The van der Waals surface area contributed by atoms with Crippen molar-refractivity contribution in [2.24, 2.45) is 0 Å². The number of aromatic nitrogens is 2. The molecule has 0 saturated carbocycles. The van der Waals surface area contributed by atoms with Crippen LogP contribution in [-0.2, 0) is 12.6 Å². The molecule has 0 amide bonds. The summed E-state index contributed by atoms with van der Waals surface area (Å²) >= 11 is 2.85. The zero-order valence-corrected chi connectivity index (χ0v) is 8.66. The summed E-state index contributed by atoms with van der Waals surface area (Å²) in [6, 6.07) is 0. The van der Waals surface area contributed by atoms with Gasteiger partial charge < -0.3 is 0 Å². The normalized spacial score (nSPS) is 11.8. The molecule has 1 N–H and O–H groups in total. The van der Waals surface area contributed by atoms with Crippen molar-refractivity contribution >= 4 is 15.9 Å². The van der Waals surface area contributed by atoms with E-state index in [0.717, 1.165) is 0 Å². The molecular formula is C7H6BrF3N2O. The molecule has 7 heteroatoms. The average Bonchev–Trinajstić information content (AvgIpc) is 2.06. The molecule has 0 atom stereocenters. The lowest BCUT2D eigenvalue weighted by Crippen LogP contribution is -2.25. The molecule has 0 spiro atoms. The number of H-pyrrole nitrogens is 1. The van der Waals surface area contributed by atoms with Crippen LogP contribution in [0, 0.1) is 0 Å². The minimum Gasteiger partial charge on any atom is -0.267 e. The third-order valence-electron chi connectivity index (χ3n) is 1.67. The molecule has 0 radical (unpaired) electrons. The highest BCUT2D eigenvalue weighted by atomic mass is 79.9. The molecule has 0 aliphatic heterocycles. The summed E-state index contributed by atoms with van der Waals surface area (Å²) in [5, 5.41) is 5.18. The first-order chi connectivity index (χ1) is 6.38. The highest BCUT2D eigenvalue weighted by Gasteiger charge is 2.37. The maximum Gasteiger partial charge on any atom is 0.422 e. The van der Waals surface area contributed by atoms with E-state index in [1.165, 1.54) is 6.92 Å². The molecule has 0 aliphatic rings. The molecular weight excluding hydrogens is 265 g/mol. The Morgan fingerprint density at radius 2 is 2.07 bits per heavy atom. The van der Waals surface area contributed by atoms with Crippen LogP contribution in [0.15, 0.2) is 9.40 Å². The van der Waals surface area contributed by atoms with Crippen molar-refractivity contribution in [2.45, 2.75) is 19.5 Å². The summed E-state index contributed by atoms with van der Waals surface area (Å²) in [7, 11) is 0. The molecule has 0 saturated heterocycles. The molecule has 0 aromatic carbocycles. The Bertz CT molecular complexity index is 399. The van der Waals surface area contributed by atoms with Crippen LogP contribution in [0.5, 0.6) is 0 Å². The SMILES string of the molecule is CCc1c(Br)n[nH]c(=O)c1C(F)(F)F. The van der Waals surface area contributed by atoms with Gasteiger partial charge in [-0.2, -0.15) is 18.3 Å². The predicted octanol–water partition coefficient (Wildman–Crippen LogP) is 2.11. The Morgan fingerprint density at radius 1 is 1.50 bits per heavy atom. The van der Waals surface area contributed by atoms with Gasteiger partial charge >= 0.3 is 6.18 Å². The molecule has 0 bridgehead atoms. The largest absolute Gasteiger partial charge is 0.422 e. The second kappa shape index (κ2) is 3.72. The van der Waals surface area contributed by atoms with Crippen LogP contribution in [-0.4, -0.2) is 10.2 Å². The lowest BCUT2D eigenvalue weighted by Gasteiger charge is -2.10. The molecule has 1 rings (SSSR count). The van der Waals surface area contributed by atoms with Crippen LogP contribution < -0.4 is 5.56 Å². The van der Waals surface area contributed by atoms with E-state index in [-0.39, 0.29) is 16.6 Å². The van der Waals surface area contributed by atoms with E-state index in [1.54, 1.807) is 5.10 Å². The summed E-state index contributed by atoms with van der Waals surface area (Å²) in [4.78, 5) is 10.9. The summed E-state index contributed by atoms with van der Waals surface area (Å²) < 4.78 is 37.2. The quantitative estimate of drug-likeness (QED) is 0.850. The molecule has 0 unspecified atom stereocenters. The Hall–Kier alpha value is -0.850. The van der Waals surface area contributed by atoms with E-state index in [9.17, 15) is 18.0 Å². The first kappa shape index (κ1) is 11.2. The zero-order chi connectivity index (χ0) is 10.9. The maximum absolute atomic E-state index is 12.4. The van der Waals surface area contributed by atoms with Gasteiger partial charge in [0.05, 0.1) is 0 Å². The van der Waals surface area contributed by atoms with Gasteiger partial charge in [0, 0.05) is 5.56 Å². The lowest BCUT2D eigenvalue weighted by molar-refractivity contribution is -0.139. The third-order valence-corrected chi connectivity index (χ3v) is 2.33. The second-order valence-corrected chi connectivity index (χ2v) is 3.30. The third kappa shape index (κ3) is 1.97. The number of alkyl halides is 3. The van der Waals surface area contributed by atoms with E-state index in [4.69, 9.17) is 0 Å². The van der Waals surface area contributed by atoms with Crippen LogP contribution in [0.1, 0.15) is 18.1 Å². The van der Waals surface area contributed by atoms with Gasteiger partial charge in [-0.05, 0) is 22.4 Å². The van der Waals surface area contributed by atoms with Crippen molar-refractivity contribution < 1.29 is 13.2 Å². The Kier molecular flexibility index (Phi) is 2.98. The topological polar surface area (TPSA) is 45.8 Å². The number of nitrogens with zero attached hydrogens (tertiary/aromatic N) is 1. The highest BCUT2D eigenvalue weighted by molar-refractivity contribution is 9.10. The number of hydrogen-bond acceptors (Lipinski definition) is 2. The number of hydrogen-bond donors (Lipinski definition) is 1. The van der Waals surface area contributed by atoms with E-state index in [2.05, 4.69) is 21.0 Å². The molecule has 1 heterocycles. The Labute approximate surface area is 85.5 Å². The fourth-order valence-corrected chi connectivity index (χ4v) is 1.65. The minimum atomic E-state index is -4.65. The molecule has 1 aromatic rings. The van der Waals surface area contributed by atoms with Crippen LogP contribution in [0.2, 0.25) is 0 Å². The molecule has 0 aliphatic carbocycles. The number of nitrogens with one attached hydrogen (secondary N) is 1. The minimum absolute atomic E-state index is 0.0203. The van der Waals surface area contributed by atoms with Crippen molar-refractivity contribution in [1.29, 1.82) is 0 Å². The van der Waals surface area contributed by atoms with Crippen LogP contribution in [0.4, 0.5) is 13.2 Å². The second-order valence-electron chi connectivity index (χ2n) is 2.55. The van der Waals surface area contributed by atoms with Gasteiger partial charge in [0.15, 0.2) is 0 Å². The molecule has 0 fully saturated rings. The van der Waals surface area contributed by atoms with Crippen LogP contribution in [0.25, 0.3) is 0 Å². The first-order valence-electron chi connectivity index (χ1n) is 3.72. The predicted molar refractivity (Wildman–Crippen MR) is 46.9 cm³/mol. The van der Waals surface area contributed by atoms with E-state index in [0.29, 0.717) is 0 Å². The van der Waals surface area contributed by atoms with Crippen LogP contribution in [0.3, 0.4) is 0 Å². The van der Waals surface area contributed by atoms with Gasteiger partial charge in [0.1, 0.15) is 10.2 Å². The summed E-state index contributed by atoms with van der Waals surface area (Å²) in [6.07, 6.45) is -4.56. The zero-order valence-electron chi connectivity index (χ0n) is 7.07. The molecule has 14 heavy (non-hydrogen) atoms. The van der Waals surface area contributed by atoms with Crippen LogP contribution >= 0.6 is 15.9 Å². The fourth-order valence-electron chi connectivity index (χ4n) is 1.09. The molecule has 78 valence electrons. The highest BCUT2D eigenvalue weighted by Crippen LogP contribution is 2.31. The lowest BCUT2D eigenvalue weighted by atomic mass is 10.1. The number of rotatable bonds is 1. The Balaban J connectivity index is 3.54. The van der Waals surface area contributed by atoms with Crippen molar-refractivity contribution in [2.75, 3.05) is 0 Å². The molecule has 1 aromatic heterocycles. The standard InChI is InChI=1S/C7H6BrF3N2O/c1-2-3-4(7(9,10)11)6(14)13-12-5(3)8/h2H2,1H3,(H,13,14). The Morgan fingerprint density at radius 3 is 2.43 bits per heavy atom. The van der Waals surface area contributed by atoms with Gasteiger partial charge in [0.2, 0.25) is 0 Å². The first-order valence-corrected chi connectivity index (χ1v) is 4.51. The van der Waals surface area contributed by atoms with Crippen molar-refractivity contribution in [3.8, 4) is 0 Å². The smallest absolute Gasteiger partial charge is 0.267 e. The van der Waals surface area contributed by atoms with E-state index < -0.39 is 17.3 Å². The summed E-state index contributed by atoms with van der Waals surface area (Å²) in [6.45, 7) is 1.52. The van der Waals surface area contributed by atoms with Gasteiger partial charge in [0.25, 0.3) is 5.56 Å². The van der Waals surface area contributed by atoms with Crippen molar-refractivity contribution in [3.63, 3.8) is 0 Å². The van der Waals surface area contributed by atoms with Gasteiger partial charge in [-0.3, -0.25) is 4.79 Å². The summed E-state index contributed by atoms with van der Waals surface area (Å²) in [5.41, 5.74) is -2.51. The molecule has 3 nitrogen and oxygen atoms in total. The van der Waals surface area contributed by atoms with Gasteiger partial charge in [-0.15, -0.1) is 0 Å². The van der Waals surface area contributed by atoms with E-state index in [1.807, 2.05) is 0 Å². The number of halogens is 4. The maximum atomic E-state index is 12.4. The summed E-state index contributed by atoms with van der Waals surface area (Å²) in [5.74, 6) is 0. The monoisotopic (exact) mass is 270 g/mol. The average molecular weight is 271 g/mol. The number of aromatic amines is 1. The van der Waals surface area contributed by atoms with Crippen molar-refractivity contribution in [3.05, 3.63) is 26.1 Å².